The number of halogens is 1. The first-order chi connectivity index (χ1) is 13.0. The van der Waals surface area contributed by atoms with Crippen molar-refractivity contribution in [3.8, 4) is 11.5 Å². The fourth-order valence-corrected chi connectivity index (χ4v) is 3.24. The molecule has 2 unspecified atom stereocenters. The molecule has 0 bridgehead atoms. The number of nitrogens with two attached hydrogens (primary N) is 1. The molecule has 6 heteroatoms. The first-order valence-electron chi connectivity index (χ1n) is 9.39. The van der Waals surface area contributed by atoms with Crippen molar-refractivity contribution in [1.29, 1.82) is 0 Å². The van der Waals surface area contributed by atoms with Gasteiger partial charge in [0.25, 0.3) is 0 Å². The van der Waals surface area contributed by atoms with Crippen LogP contribution in [0.4, 0.5) is 0 Å². The molecule has 3 N–H and O–H groups in total. The second-order valence-electron chi connectivity index (χ2n) is 7.31. The van der Waals surface area contributed by atoms with Crippen LogP contribution in [0.1, 0.15) is 48.8 Å². The van der Waals surface area contributed by atoms with Gasteiger partial charge in [-0.2, -0.15) is 0 Å². The lowest BCUT2D eigenvalue weighted by Gasteiger charge is -2.09. The highest BCUT2D eigenvalue weighted by molar-refractivity contribution is 14.0. The minimum Gasteiger partial charge on any atom is -0.493 e. The predicted octanol–water partition coefficient (Wildman–Crippen LogP) is 4.41. The number of benzene rings is 2. The molecule has 0 radical (unpaired) electrons. The normalized spacial score (nSPS) is 18.4. The first kappa shape index (κ1) is 22.3. The molecule has 0 saturated heterocycles. The largest absolute Gasteiger partial charge is 0.493 e. The zero-order valence-corrected chi connectivity index (χ0v) is 19.3. The molecule has 1 saturated carbocycles. The van der Waals surface area contributed by atoms with Crippen LogP contribution >= 0.6 is 24.0 Å². The summed E-state index contributed by atoms with van der Waals surface area (Å²) in [5.41, 5.74) is 9.84. The molecule has 1 fully saturated rings. The summed E-state index contributed by atoms with van der Waals surface area (Å²) in [6.07, 6.45) is 1.09. The molecule has 2 aromatic carbocycles. The quantitative estimate of drug-likeness (QED) is 0.340. The molecule has 3 rings (SSSR count). The molecular formula is C22H30IN3O2. The first-order valence-corrected chi connectivity index (χ1v) is 9.39. The van der Waals surface area contributed by atoms with Gasteiger partial charge in [-0.1, -0.05) is 44.2 Å². The molecule has 152 valence electrons. The maximum atomic E-state index is 6.08. The van der Waals surface area contributed by atoms with E-state index >= 15 is 0 Å². The Bertz CT molecular complexity index is 806. The highest BCUT2D eigenvalue weighted by Gasteiger charge is 2.38. The van der Waals surface area contributed by atoms with Gasteiger partial charge >= 0.3 is 0 Å². The van der Waals surface area contributed by atoms with Crippen LogP contribution in [0.3, 0.4) is 0 Å². The molecule has 2 aromatic rings. The lowest BCUT2D eigenvalue weighted by Crippen LogP contribution is -2.34. The minimum atomic E-state index is 0. The Morgan fingerprint density at radius 3 is 2.39 bits per heavy atom. The van der Waals surface area contributed by atoms with Crippen LogP contribution < -0.4 is 20.5 Å². The number of methoxy groups -OCH3 is 2. The van der Waals surface area contributed by atoms with E-state index in [1.807, 2.05) is 18.2 Å². The van der Waals surface area contributed by atoms with Gasteiger partial charge in [0.1, 0.15) is 0 Å². The Morgan fingerprint density at radius 2 is 1.79 bits per heavy atom. The number of rotatable bonds is 7. The Morgan fingerprint density at radius 1 is 1.11 bits per heavy atom. The van der Waals surface area contributed by atoms with Gasteiger partial charge < -0.3 is 20.5 Å². The number of ether oxygens (including phenoxy) is 2. The van der Waals surface area contributed by atoms with Crippen molar-refractivity contribution >= 4 is 29.9 Å². The molecule has 28 heavy (non-hydrogen) atoms. The fraction of sp³-hybridized carbons (Fsp3) is 0.409. The Hall–Kier alpha value is -1.96. The van der Waals surface area contributed by atoms with Gasteiger partial charge in [-0.3, -0.25) is 0 Å². The van der Waals surface area contributed by atoms with Crippen LogP contribution in [-0.4, -0.2) is 26.2 Å². The molecule has 2 atom stereocenters. The van der Waals surface area contributed by atoms with Crippen LogP contribution in [0, 0.1) is 0 Å². The topological polar surface area (TPSA) is 68.9 Å². The second-order valence-corrected chi connectivity index (χ2v) is 7.31. The summed E-state index contributed by atoms with van der Waals surface area (Å²) < 4.78 is 10.6. The highest BCUT2D eigenvalue weighted by Crippen LogP contribution is 2.41. The monoisotopic (exact) mass is 495 g/mol. The lowest BCUT2D eigenvalue weighted by atomic mass is 10.0. The molecule has 1 aliphatic carbocycles. The number of aliphatic imine (C=N–C) groups is 1. The van der Waals surface area contributed by atoms with E-state index in [-0.39, 0.29) is 24.0 Å². The summed E-state index contributed by atoms with van der Waals surface area (Å²) in [7, 11) is 3.25. The number of hydrogen-bond donors (Lipinski definition) is 2. The molecule has 1 aliphatic rings. The van der Waals surface area contributed by atoms with Crippen LogP contribution in [0.25, 0.3) is 0 Å². The van der Waals surface area contributed by atoms with Crippen LogP contribution in [0.15, 0.2) is 47.5 Å². The van der Waals surface area contributed by atoms with Crippen LogP contribution in [0.5, 0.6) is 11.5 Å². The van der Waals surface area contributed by atoms with Gasteiger partial charge in [0.05, 0.1) is 20.8 Å². The lowest BCUT2D eigenvalue weighted by molar-refractivity contribution is 0.354. The molecule has 0 spiro atoms. The predicted molar refractivity (Wildman–Crippen MR) is 125 cm³/mol. The molecule has 0 aliphatic heterocycles. The molecule has 0 aromatic heterocycles. The van der Waals surface area contributed by atoms with Gasteiger partial charge in [-0.05, 0) is 41.2 Å². The fourth-order valence-electron chi connectivity index (χ4n) is 3.24. The van der Waals surface area contributed by atoms with Crippen LogP contribution in [0.2, 0.25) is 0 Å². The van der Waals surface area contributed by atoms with Crippen molar-refractivity contribution in [3.63, 3.8) is 0 Å². The van der Waals surface area contributed by atoms with E-state index in [2.05, 4.69) is 48.4 Å². The third-order valence-corrected chi connectivity index (χ3v) is 5.03. The van der Waals surface area contributed by atoms with Crippen molar-refractivity contribution < 1.29 is 9.47 Å². The summed E-state index contributed by atoms with van der Waals surface area (Å²) in [6.45, 7) is 4.93. The summed E-state index contributed by atoms with van der Waals surface area (Å²) in [6, 6.07) is 15.1. The van der Waals surface area contributed by atoms with E-state index in [0.29, 0.717) is 41.9 Å². The van der Waals surface area contributed by atoms with Crippen molar-refractivity contribution in [2.45, 2.75) is 44.7 Å². The third-order valence-electron chi connectivity index (χ3n) is 5.03. The van der Waals surface area contributed by atoms with E-state index < -0.39 is 0 Å². The molecule has 5 nitrogen and oxygen atoms in total. The molecule has 0 amide bonds. The van der Waals surface area contributed by atoms with E-state index in [1.165, 1.54) is 11.1 Å². The van der Waals surface area contributed by atoms with E-state index in [4.69, 9.17) is 15.2 Å². The van der Waals surface area contributed by atoms with Gasteiger partial charge in [-0.15, -0.1) is 24.0 Å². The zero-order valence-electron chi connectivity index (χ0n) is 16.9. The standard InChI is InChI=1S/C22H29N3O2.HI/c1-14(2)16-6-8-17(9-7-16)18-12-19(18)25-22(23)24-13-15-5-10-20(26-3)21(11-15)27-4;/h5-11,14,18-19H,12-13H2,1-4H3,(H3,23,24,25);1H. The van der Waals surface area contributed by atoms with Crippen LogP contribution in [-0.2, 0) is 6.54 Å². The zero-order chi connectivity index (χ0) is 19.4. The van der Waals surface area contributed by atoms with Gasteiger partial charge in [0.15, 0.2) is 17.5 Å². The average molecular weight is 495 g/mol. The number of guanidine groups is 1. The number of nitrogens with one attached hydrogen (secondary N) is 1. The van der Waals surface area contributed by atoms with E-state index in [0.717, 1.165) is 12.0 Å². The van der Waals surface area contributed by atoms with E-state index in [9.17, 15) is 0 Å². The Labute approximate surface area is 184 Å². The average Bonchev–Trinajstić information content (AvgIpc) is 3.45. The summed E-state index contributed by atoms with van der Waals surface area (Å²) in [4.78, 5) is 4.46. The van der Waals surface area contributed by atoms with Crippen molar-refractivity contribution in [1.82, 2.24) is 5.32 Å². The Kier molecular flexibility index (Phi) is 7.98. The third kappa shape index (κ3) is 5.53. The smallest absolute Gasteiger partial charge is 0.189 e. The SMILES string of the molecule is COc1ccc(CN=C(N)NC2CC2c2ccc(C(C)C)cc2)cc1OC.I. The molecular weight excluding hydrogens is 465 g/mol. The highest BCUT2D eigenvalue weighted by atomic mass is 127. The maximum Gasteiger partial charge on any atom is 0.189 e. The van der Waals surface area contributed by atoms with E-state index in [1.54, 1.807) is 14.2 Å². The van der Waals surface area contributed by atoms with Crippen molar-refractivity contribution in [2.75, 3.05) is 14.2 Å². The summed E-state index contributed by atoms with van der Waals surface area (Å²) in [5.74, 6) is 2.97. The van der Waals surface area contributed by atoms with Gasteiger partial charge in [0, 0.05) is 12.0 Å². The maximum absolute atomic E-state index is 6.08. The Balaban J connectivity index is 0.00000280. The van der Waals surface area contributed by atoms with Crippen molar-refractivity contribution in [3.05, 3.63) is 59.2 Å². The number of nitrogens with zero attached hydrogens (tertiary/aromatic N) is 1. The second kappa shape index (κ2) is 10.0. The van der Waals surface area contributed by atoms with Gasteiger partial charge in [0.2, 0.25) is 0 Å². The summed E-state index contributed by atoms with van der Waals surface area (Å²) in [5, 5.41) is 3.33. The van der Waals surface area contributed by atoms with Crippen molar-refractivity contribution in [2.24, 2.45) is 10.7 Å². The summed E-state index contributed by atoms with van der Waals surface area (Å²) >= 11 is 0. The van der Waals surface area contributed by atoms with Gasteiger partial charge in [-0.25, -0.2) is 4.99 Å². The number of hydrogen-bond acceptors (Lipinski definition) is 3. The minimum absolute atomic E-state index is 0. The molecule has 0 heterocycles.